The van der Waals surface area contributed by atoms with Gasteiger partial charge in [-0.1, -0.05) is 0 Å². The molecule has 0 saturated carbocycles. The number of carbonyl (C=O) groups is 2. The molecule has 0 unspecified atom stereocenters. The first kappa shape index (κ1) is 13.3. The molecule has 0 bridgehead atoms. The van der Waals surface area contributed by atoms with Crippen LogP contribution in [0.2, 0.25) is 0 Å². The summed E-state index contributed by atoms with van der Waals surface area (Å²) in [7, 11) is 0. The van der Waals surface area contributed by atoms with Gasteiger partial charge in [0.2, 0.25) is 0 Å². The average molecular weight is 367 g/mol. The minimum absolute atomic E-state index is 0. The van der Waals surface area contributed by atoms with E-state index in [1.165, 1.54) is 0 Å². The van der Waals surface area contributed by atoms with Crippen molar-refractivity contribution in [2.24, 2.45) is 0 Å². The second kappa shape index (κ2) is 7.82. The Morgan fingerprint density at radius 3 is 1.60 bits per heavy atom. The molecular weight excluding hydrogens is 367 g/mol. The van der Waals surface area contributed by atoms with Crippen LogP contribution in [0.4, 0.5) is 9.59 Å². The van der Waals surface area contributed by atoms with Gasteiger partial charge < -0.3 is 15.0 Å². The normalized spacial score (nSPS) is 11.8. The largest absolute Gasteiger partial charge is 2.00 e. The molecule has 10 heavy (non-hydrogen) atoms. The van der Waals surface area contributed by atoms with Gasteiger partial charge in [-0.25, -0.2) is 0 Å². The molecule has 8 heteroatoms. The number of hydrogen-bond donors (Lipinski definition) is 0. The number of carbonyl (C=O) groups excluding carboxylic acids is 2. The van der Waals surface area contributed by atoms with Crippen LogP contribution in [0.3, 0.4) is 0 Å². The van der Waals surface area contributed by atoms with E-state index in [1.54, 1.807) is 0 Å². The van der Waals surface area contributed by atoms with Gasteiger partial charge in [-0.05, 0) is 6.16 Å². The third kappa shape index (κ3) is 11.5. The molecule has 0 N–H and O–H groups in total. The van der Waals surface area contributed by atoms with Crippen molar-refractivity contribution in [3.05, 3.63) is 0 Å². The first-order valence-electron chi connectivity index (χ1n) is 1.63. The second-order valence-corrected chi connectivity index (χ2v) is 3.02. The van der Waals surface area contributed by atoms with Crippen LogP contribution in [0, 0.1) is 0 Å². The van der Waals surface area contributed by atoms with E-state index in [9.17, 15) is 4.79 Å². The van der Waals surface area contributed by atoms with Crippen LogP contribution in [0.1, 0.15) is 0 Å². The van der Waals surface area contributed by atoms with Gasteiger partial charge >= 0.3 is 79.2 Å². The van der Waals surface area contributed by atoms with Gasteiger partial charge in [0.15, 0.2) is 0 Å². The monoisotopic (exact) mass is 368 g/mol. The van der Waals surface area contributed by atoms with Gasteiger partial charge in [0.05, 0.1) is 0 Å². The molecule has 0 spiro atoms. The van der Waals surface area contributed by atoms with Crippen molar-refractivity contribution in [2.75, 3.05) is 0 Å². The Morgan fingerprint density at radius 1 is 1.40 bits per heavy atom. The molecule has 1 heterocycles. The molecule has 50 valence electrons. The summed E-state index contributed by atoms with van der Waals surface area (Å²) in [6.45, 7) is 0. The Hall–Kier alpha value is 0.722. The van der Waals surface area contributed by atoms with Crippen molar-refractivity contribution in [1.29, 1.82) is 0 Å². The van der Waals surface area contributed by atoms with Crippen molar-refractivity contribution >= 4 is 75.2 Å². The first-order valence-corrected chi connectivity index (χ1v) is 4.81. The smallest absolute Gasteiger partial charge is 2.00 e. The van der Waals surface area contributed by atoms with Crippen molar-refractivity contribution in [1.82, 2.24) is 0 Å². The first-order chi connectivity index (χ1) is 4.13. The van der Waals surface area contributed by atoms with E-state index in [0.717, 1.165) is 0 Å². The molecule has 1 saturated heterocycles. The summed E-state index contributed by atoms with van der Waals surface area (Å²) >= 11 is -1.16. The predicted molar refractivity (Wildman–Crippen MR) is 24.5 cm³/mol. The molecule has 2 radical (unpaired) electrons. The van der Waals surface area contributed by atoms with Crippen molar-refractivity contribution in [2.45, 2.75) is 0 Å². The van der Waals surface area contributed by atoms with E-state index in [-0.39, 0.29) is 37.7 Å². The van der Waals surface area contributed by atoms with Gasteiger partial charge in [0, 0.05) is 0 Å². The SMILES string of the molecule is O=C([O-])[O-].O=C1[O][Pb][O]1.[Ca+2]. The van der Waals surface area contributed by atoms with Crippen molar-refractivity contribution in [3.8, 4) is 0 Å². The standard InChI is InChI=1S/2CH2O3.Ca.Pb/c2*2-1(3)4;;/h2*(H2,2,3,4);;/q;;2*+2/p-4. The van der Waals surface area contributed by atoms with E-state index in [4.69, 9.17) is 15.0 Å². The maximum atomic E-state index is 9.50. The van der Waals surface area contributed by atoms with Crippen LogP contribution in [-0.2, 0) is 5.37 Å². The van der Waals surface area contributed by atoms with Gasteiger partial charge in [-0.2, -0.15) is 0 Å². The van der Waals surface area contributed by atoms with E-state index < -0.39 is 37.5 Å². The van der Waals surface area contributed by atoms with Crippen molar-refractivity contribution < 1.29 is 25.2 Å². The Bertz CT molecular complexity index is 115. The van der Waals surface area contributed by atoms with Gasteiger partial charge in [0.25, 0.3) is 0 Å². The van der Waals surface area contributed by atoms with E-state index in [0.29, 0.717) is 0 Å². The molecular formula is C2CaO6Pb. The molecule has 1 aliphatic rings. The zero-order chi connectivity index (χ0) is 7.28. The van der Waals surface area contributed by atoms with E-state index in [2.05, 4.69) is 5.37 Å². The molecule has 0 aliphatic carbocycles. The average Bonchev–Trinajstić information content (AvgIpc) is 1.59. The zero-order valence-electron chi connectivity index (χ0n) is 4.66. The fourth-order valence-corrected chi connectivity index (χ4v) is 0.664. The zero-order valence-corrected chi connectivity index (χ0v) is 10.8. The molecule has 0 aromatic rings. The molecule has 0 aromatic carbocycles. The topological polar surface area (TPSA) is 98.7 Å². The fraction of sp³-hybridized carbons (Fsp3) is 0. The number of rotatable bonds is 0. The summed E-state index contributed by atoms with van der Waals surface area (Å²) in [6, 6.07) is 0. The Morgan fingerprint density at radius 2 is 1.60 bits per heavy atom. The van der Waals surface area contributed by atoms with Gasteiger partial charge in [-0.15, -0.1) is 0 Å². The summed E-state index contributed by atoms with van der Waals surface area (Å²) in [5.74, 6) is 0. The third-order valence-corrected chi connectivity index (χ3v) is 2.19. The molecule has 0 amide bonds. The predicted octanol–water partition coefficient (Wildman–Crippen LogP) is -3.14. The number of carboxylic acid groups (broad SMARTS) is 2. The van der Waals surface area contributed by atoms with Gasteiger partial charge in [0.1, 0.15) is 0 Å². The summed E-state index contributed by atoms with van der Waals surface area (Å²) in [4.78, 5) is 17.8. The quantitative estimate of drug-likeness (QED) is 0.420. The van der Waals surface area contributed by atoms with Crippen LogP contribution in [0.5, 0.6) is 0 Å². The summed E-state index contributed by atoms with van der Waals surface area (Å²) in [5.41, 5.74) is 0. The maximum absolute atomic E-state index is 9.50. The Labute approximate surface area is 99.0 Å². The molecule has 0 aromatic heterocycles. The summed E-state index contributed by atoms with van der Waals surface area (Å²) < 4.78 is 8.53. The van der Waals surface area contributed by atoms with Crippen molar-refractivity contribution in [3.63, 3.8) is 0 Å². The van der Waals surface area contributed by atoms with Crippen LogP contribution < -0.4 is 10.2 Å². The van der Waals surface area contributed by atoms with Crippen LogP contribution in [-0.4, -0.2) is 75.2 Å². The van der Waals surface area contributed by atoms with Crippen LogP contribution >= 0.6 is 0 Å². The minimum Gasteiger partial charge on any atom is 2.00 e. The second-order valence-electron chi connectivity index (χ2n) is 0.787. The van der Waals surface area contributed by atoms with Crippen LogP contribution in [0.25, 0.3) is 0 Å². The third-order valence-electron chi connectivity index (χ3n) is 0.250. The Balaban J connectivity index is 0. The number of hydrogen-bond acceptors (Lipinski definition) is 6. The molecule has 1 rings (SSSR count). The fourth-order valence-electron chi connectivity index (χ4n) is 0.0757. The molecule has 1 aliphatic heterocycles. The molecule has 0 atom stereocenters. The summed E-state index contributed by atoms with van der Waals surface area (Å²) in [5, 5.41) is 16.7. The molecule has 1 fully saturated rings. The minimum atomic E-state index is -2.33. The maximum Gasteiger partial charge on any atom is 2.00 e. The van der Waals surface area contributed by atoms with E-state index >= 15 is 0 Å². The summed E-state index contributed by atoms with van der Waals surface area (Å²) in [6.07, 6.45) is -2.81. The van der Waals surface area contributed by atoms with E-state index in [1.807, 2.05) is 0 Å². The van der Waals surface area contributed by atoms with Crippen LogP contribution in [0.15, 0.2) is 0 Å². The molecule has 6 nitrogen and oxygen atoms in total. The van der Waals surface area contributed by atoms with Gasteiger partial charge in [-0.3, -0.25) is 0 Å². The Kier molecular flexibility index (Phi) is 10.4.